The van der Waals surface area contributed by atoms with Crippen LogP contribution in [0.5, 0.6) is 0 Å². The molecule has 0 saturated carbocycles. The van der Waals surface area contributed by atoms with Gasteiger partial charge < -0.3 is 30.7 Å². The first-order valence-electron chi connectivity index (χ1n) is 11.1. The number of nitrogens with one attached hydrogen (secondary N) is 1. The molecule has 34 heavy (non-hydrogen) atoms. The molecule has 5 N–H and O–H groups in total. The van der Waals surface area contributed by atoms with Crippen molar-refractivity contribution < 1.29 is 18.4 Å². The quantitative estimate of drug-likeness (QED) is 0.393. The summed E-state index contributed by atoms with van der Waals surface area (Å²) in [6.45, 7) is 4.80. The van der Waals surface area contributed by atoms with Gasteiger partial charge in [-0.1, -0.05) is 6.08 Å². The molecule has 2 aromatic heterocycles. The average Bonchev–Trinajstić information content (AvgIpc) is 2.79. The number of hydrogen-bond acceptors (Lipinski definition) is 11. The second kappa shape index (κ2) is 11.4. The molecule has 0 atom stereocenters. The molecule has 0 spiro atoms. The van der Waals surface area contributed by atoms with Gasteiger partial charge in [-0.3, -0.25) is 9.36 Å². The van der Waals surface area contributed by atoms with E-state index in [2.05, 4.69) is 25.3 Å². The molecule has 2 heterocycles. The maximum absolute atomic E-state index is 12.5. The van der Waals surface area contributed by atoms with Gasteiger partial charge in [-0.25, -0.2) is 9.97 Å². The molecule has 0 radical (unpaired) electrons. The van der Waals surface area contributed by atoms with Gasteiger partial charge >= 0.3 is 7.60 Å². The molecule has 1 aliphatic rings. The van der Waals surface area contributed by atoms with Gasteiger partial charge in [-0.2, -0.15) is 9.97 Å². The predicted octanol–water partition coefficient (Wildman–Crippen LogP) is 2.00. The van der Waals surface area contributed by atoms with E-state index in [-0.39, 0.29) is 43.6 Å². The molecule has 13 heteroatoms. The minimum atomic E-state index is -3.18. The van der Waals surface area contributed by atoms with E-state index in [0.717, 1.165) is 5.70 Å². The van der Waals surface area contributed by atoms with Crippen LogP contribution in [0, 0.1) is 0 Å². The van der Waals surface area contributed by atoms with E-state index in [1.807, 2.05) is 18.0 Å². The molecular formula is C21H31N8O4P. The van der Waals surface area contributed by atoms with Crippen molar-refractivity contribution in [2.45, 2.75) is 33.2 Å². The van der Waals surface area contributed by atoms with Gasteiger partial charge in [0.2, 0.25) is 11.9 Å². The van der Waals surface area contributed by atoms with Crippen molar-refractivity contribution in [2.75, 3.05) is 44.4 Å². The van der Waals surface area contributed by atoms with Gasteiger partial charge in [-0.15, -0.1) is 0 Å². The molecule has 2 aromatic rings. The van der Waals surface area contributed by atoms with E-state index in [0.29, 0.717) is 41.8 Å². The fourth-order valence-corrected chi connectivity index (χ4v) is 5.02. The van der Waals surface area contributed by atoms with Crippen LogP contribution in [0.15, 0.2) is 29.6 Å². The zero-order chi connectivity index (χ0) is 24.7. The fourth-order valence-electron chi connectivity index (χ4n) is 3.52. The molecule has 3 rings (SSSR count). The summed E-state index contributed by atoms with van der Waals surface area (Å²) in [5.74, 6) is 0.0576. The number of fused-ring (bicyclic) bond motifs is 1. The number of carbonyl (C=O) groups is 1. The van der Waals surface area contributed by atoms with Crippen molar-refractivity contribution >= 4 is 36.4 Å². The lowest BCUT2D eigenvalue weighted by Crippen LogP contribution is -2.29. The van der Waals surface area contributed by atoms with E-state index in [1.165, 1.54) is 0 Å². The number of nitrogens with two attached hydrogens (primary N) is 2. The second-order valence-corrected chi connectivity index (χ2v) is 9.82. The Balaban J connectivity index is 1.58. The summed E-state index contributed by atoms with van der Waals surface area (Å²) in [7, 11) is -1.24. The zero-order valence-corrected chi connectivity index (χ0v) is 20.5. The Hall–Kier alpha value is -3.08. The molecular weight excluding hydrogens is 459 g/mol. The summed E-state index contributed by atoms with van der Waals surface area (Å²) >= 11 is 0. The minimum absolute atomic E-state index is 0.0563. The molecule has 0 unspecified atom stereocenters. The van der Waals surface area contributed by atoms with Crippen molar-refractivity contribution in [3.05, 3.63) is 35.3 Å². The van der Waals surface area contributed by atoms with Crippen LogP contribution in [0.1, 0.15) is 32.4 Å². The summed E-state index contributed by atoms with van der Waals surface area (Å²) in [5, 5.41) is 2.80. The molecule has 184 valence electrons. The van der Waals surface area contributed by atoms with Gasteiger partial charge in [-0.05, 0) is 32.8 Å². The lowest BCUT2D eigenvalue weighted by atomic mass is 10.0. The van der Waals surface area contributed by atoms with Gasteiger partial charge in [0, 0.05) is 24.9 Å². The largest absolute Gasteiger partial charge is 0.382 e. The van der Waals surface area contributed by atoms with Crippen LogP contribution in [0.25, 0.3) is 11.2 Å². The van der Waals surface area contributed by atoms with E-state index in [9.17, 15) is 9.36 Å². The second-order valence-electron chi connectivity index (χ2n) is 7.63. The molecule has 0 bridgehead atoms. The van der Waals surface area contributed by atoms with Gasteiger partial charge in [0.1, 0.15) is 0 Å². The summed E-state index contributed by atoms with van der Waals surface area (Å²) in [5.41, 5.74) is 14.7. The lowest BCUT2D eigenvalue weighted by Gasteiger charge is -2.25. The third kappa shape index (κ3) is 6.49. The van der Waals surface area contributed by atoms with E-state index in [1.54, 1.807) is 26.1 Å². The van der Waals surface area contributed by atoms with E-state index < -0.39 is 7.60 Å². The molecule has 0 aromatic carbocycles. The Labute approximate surface area is 198 Å². The third-order valence-electron chi connectivity index (χ3n) is 5.13. The highest BCUT2D eigenvalue weighted by atomic mass is 31.2. The maximum atomic E-state index is 12.5. The van der Waals surface area contributed by atoms with Crippen LogP contribution >= 0.6 is 7.60 Å². The van der Waals surface area contributed by atoms with Crippen molar-refractivity contribution in [3.8, 4) is 0 Å². The summed E-state index contributed by atoms with van der Waals surface area (Å²) in [6, 6.07) is 0. The maximum Gasteiger partial charge on any atom is 0.332 e. The van der Waals surface area contributed by atoms with Crippen molar-refractivity contribution in [1.82, 2.24) is 30.2 Å². The molecule has 0 aliphatic heterocycles. The highest BCUT2D eigenvalue weighted by molar-refractivity contribution is 7.53. The predicted molar refractivity (Wildman–Crippen MR) is 130 cm³/mol. The van der Waals surface area contributed by atoms with Crippen molar-refractivity contribution in [3.63, 3.8) is 0 Å². The Bertz CT molecular complexity index is 1140. The third-order valence-corrected chi connectivity index (χ3v) is 7.21. The minimum Gasteiger partial charge on any atom is -0.382 e. The number of carbonyl (C=O) groups excluding carboxylic acids is 1. The zero-order valence-electron chi connectivity index (χ0n) is 19.7. The van der Waals surface area contributed by atoms with Gasteiger partial charge in [0.25, 0.3) is 0 Å². The Morgan fingerprint density at radius 3 is 2.53 bits per heavy atom. The monoisotopic (exact) mass is 490 g/mol. The van der Waals surface area contributed by atoms with Crippen LogP contribution in [0.4, 0.5) is 11.8 Å². The van der Waals surface area contributed by atoms with E-state index >= 15 is 0 Å². The highest BCUT2D eigenvalue weighted by Crippen LogP contribution is 2.47. The first-order chi connectivity index (χ1) is 16.2. The number of amides is 1. The Morgan fingerprint density at radius 2 is 1.88 bits per heavy atom. The number of allylic oxidation sites excluding steroid dienone is 3. The normalized spacial score (nSPS) is 14.0. The molecule has 1 aliphatic carbocycles. The Kier molecular flexibility index (Phi) is 8.54. The number of hydrogen-bond donors (Lipinski definition) is 3. The van der Waals surface area contributed by atoms with Gasteiger partial charge in [0.15, 0.2) is 17.0 Å². The van der Waals surface area contributed by atoms with Crippen LogP contribution in [-0.2, 0) is 25.0 Å². The summed E-state index contributed by atoms with van der Waals surface area (Å²) < 4.78 is 23.0. The summed E-state index contributed by atoms with van der Waals surface area (Å²) in [6.07, 6.45) is 6.75. The van der Waals surface area contributed by atoms with Crippen LogP contribution in [-0.4, -0.2) is 63.7 Å². The molecule has 1 amide bonds. The molecule has 12 nitrogen and oxygen atoms in total. The SMILES string of the molecule is CCOP(=O)(CCNC(=O)C1=CC=C(N(C)Cc2cnc3nc(N)nc(N)c3n2)CC1)OCC. The average molecular weight is 491 g/mol. The number of anilines is 2. The topological polar surface area (TPSA) is 171 Å². The highest BCUT2D eigenvalue weighted by Gasteiger charge is 2.24. The van der Waals surface area contributed by atoms with Crippen LogP contribution < -0.4 is 16.8 Å². The first kappa shape index (κ1) is 25.5. The number of nitrogens with zero attached hydrogens (tertiary/aromatic N) is 5. The number of rotatable bonds is 11. The first-order valence-corrected chi connectivity index (χ1v) is 12.8. The summed E-state index contributed by atoms with van der Waals surface area (Å²) in [4.78, 5) is 31.3. The van der Waals surface area contributed by atoms with Gasteiger partial charge in [0.05, 0.1) is 37.8 Å². The number of aromatic nitrogens is 4. The van der Waals surface area contributed by atoms with E-state index in [4.69, 9.17) is 20.5 Å². The Morgan fingerprint density at radius 1 is 1.15 bits per heavy atom. The smallest absolute Gasteiger partial charge is 0.332 e. The standard InChI is InChI=1S/C21H31N8O4P/c1-4-32-34(31,33-5-2)11-10-24-20(30)14-6-8-16(9-7-14)29(3)13-15-12-25-19-17(26-15)18(22)27-21(23)28-19/h6,8,12H,4-5,7,9-11,13H2,1-3H3,(H,24,30)(H4,22,23,25,27,28). The van der Waals surface area contributed by atoms with Crippen LogP contribution in [0.2, 0.25) is 0 Å². The fraction of sp³-hybridized carbons (Fsp3) is 0.476. The molecule has 0 saturated heterocycles. The van der Waals surface area contributed by atoms with Crippen molar-refractivity contribution in [1.29, 1.82) is 0 Å². The molecule has 0 fully saturated rings. The van der Waals surface area contributed by atoms with Crippen molar-refractivity contribution in [2.24, 2.45) is 0 Å². The van der Waals surface area contributed by atoms with Crippen LogP contribution in [0.3, 0.4) is 0 Å². The number of nitrogen functional groups attached to an aromatic ring is 2. The lowest BCUT2D eigenvalue weighted by molar-refractivity contribution is -0.117.